The van der Waals surface area contributed by atoms with E-state index in [9.17, 15) is 0 Å². The van der Waals surface area contributed by atoms with E-state index in [1.807, 2.05) is 12.1 Å². The first-order chi connectivity index (χ1) is 7.31. The van der Waals surface area contributed by atoms with E-state index in [1.165, 1.54) is 11.1 Å². The number of aryl methyl sites for hydroxylation is 1. The number of rotatable bonds is 4. The summed E-state index contributed by atoms with van der Waals surface area (Å²) in [7, 11) is 0. The Labute approximate surface area is 92.9 Å². The SMILES string of the molecule is Cc1cscc1C(Cc1ccco1)NN. The van der Waals surface area contributed by atoms with Gasteiger partial charge in [0.25, 0.3) is 0 Å². The molecule has 0 aliphatic rings. The Bertz CT molecular complexity index is 408. The summed E-state index contributed by atoms with van der Waals surface area (Å²) < 4.78 is 5.31. The van der Waals surface area contributed by atoms with Gasteiger partial charge >= 0.3 is 0 Å². The van der Waals surface area contributed by atoms with Crippen LogP contribution in [-0.4, -0.2) is 0 Å². The lowest BCUT2D eigenvalue weighted by molar-refractivity contribution is 0.454. The molecule has 0 aliphatic carbocycles. The van der Waals surface area contributed by atoms with E-state index in [4.69, 9.17) is 10.3 Å². The summed E-state index contributed by atoms with van der Waals surface area (Å²) in [6, 6.07) is 3.98. The zero-order chi connectivity index (χ0) is 10.7. The molecule has 1 atom stereocenters. The fourth-order valence-corrected chi connectivity index (χ4v) is 2.52. The van der Waals surface area contributed by atoms with Crippen LogP contribution in [0, 0.1) is 6.92 Å². The lowest BCUT2D eigenvalue weighted by Gasteiger charge is -2.14. The van der Waals surface area contributed by atoms with E-state index in [2.05, 4.69) is 23.1 Å². The van der Waals surface area contributed by atoms with Gasteiger partial charge in [0.2, 0.25) is 0 Å². The van der Waals surface area contributed by atoms with Crippen molar-refractivity contribution in [3.8, 4) is 0 Å². The molecule has 2 aromatic rings. The topological polar surface area (TPSA) is 51.2 Å². The predicted octanol–water partition coefficient (Wildman–Crippen LogP) is 2.40. The maximum absolute atomic E-state index is 5.56. The summed E-state index contributed by atoms with van der Waals surface area (Å²) >= 11 is 1.70. The summed E-state index contributed by atoms with van der Waals surface area (Å²) in [5.74, 6) is 6.51. The fourth-order valence-electron chi connectivity index (χ4n) is 1.62. The molecule has 4 heteroatoms. The highest BCUT2D eigenvalue weighted by Crippen LogP contribution is 2.24. The van der Waals surface area contributed by atoms with Crippen molar-refractivity contribution in [2.45, 2.75) is 19.4 Å². The lowest BCUT2D eigenvalue weighted by atomic mass is 10.0. The van der Waals surface area contributed by atoms with Crippen molar-refractivity contribution in [2.24, 2.45) is 5.84 Å². The van der Waals surface area contributed by atoms with Crippen LogP contribution < -0.4 is 11.3 Å². The normalized spacial score (nSPS) is 12.9. The molecule has 2 rings (SSSR count). The van der Waals surface area contributed by atoms with E-state index in [-0.39, 0.29) is 6.04 Å². The molecule has 0 bridgehead atoms. The maximum Gasteiger partial charge on any atom is 0.105 e. The Morgan fingerprint density at radius 1 is 1.53 bits per heavy atom. The number of hydrogen-bond acceptors (Lipinski definition) is 4. The number of nitrogens with one attached hydrogen (secondary N) is 1. The molecule has 80 valence electrons. The first kappa shape index (κ1) is 10.4. The molecule has 0 spiro atoms. The van der Waals surface area contributed by atoms with E-state index < -0.39 is 0 Å². The number of thiophene rings is 1. The minimum atomic E-state index is 0.127. The van der Waals surface area contributed by atoms with Crippen molar-refractivity contribution < 1.29 is 4.42 Å². The summed E-state index contributed by atoms with van der Waals surface area (Å²) in [4.78, 5) is 0. The van der Waals surface area contributed by atoms with Crippen molar-refractivity contribution in [1.29, 1.82) is 0 Å². The quantitative estimate of drug-likeness (QED) is 0.617. The molecular formula is C11H14N2OS. The van der Waals surface area contributed by atoms with Gasteiger partial charge in [-0.05, 0) is 40.9 Å². The third-order valence-electron chi connectivity index (χ3n) is 2.46. The van der Waals surface area contributed by atoms with Crippen molar-refractivity contribution in [3.05, 3.63) is 46.0 Å². The average molecular weight is 222 g/mol. The van der Waals surface area contributed by atoms with Crippen molar-refractivity contribution >= 4 is 11.3 Å². The van der Waals surface area contributed by atoms with Crippen LogP contribution in [0.1, 0.15) is 22.9 Å². The second kappa shape index (κ2) is 4.61. The van der Waals surface area contributed by atoms with Crippen LogP contribution >= 0.6 is 11.3 Å². The minimum Gasteiger partial charge on any atom is -0.469 e. The largest absolute Gasteiger partial charge is 0.469 e. The smallest absolute Gasteiger partial charge is 0.105 e. The molecule has 3 nitrogen and oxygen atoms in total. The second-order valence-corrected chi connectivity index (χ2v) is 4.26. The van der Waals surface area contributed by atoms with Crippen LogP contribution in [0.2, 0.25) is 0 Å². The van der Waals surface area contributed by atoms with Crippen LogP contribution in [0.4, 0.5) is 0 Å². The van der Waals surface area contributed by atoms with Gasteiger partial charge in [0.1, 0.15) is 5.76 Å². The zero-order valence-electron chi connectivity index (χ0n) is 8.57. The van der Waals surface area contributed by atoms with Gasteiger partial charge in [0.05, 0.1) is 12.3 Å². The standard InChI is InChI=1S/C11H14N2OS/c1-8-6-15-7-10(8)11(13-12)5-9-3-2-4-14-9/h2-4,6-7,11,13H,5,12H2,1H3. The van der Waals surface area contributed by atoms with Crippen molar-refractivity contribution in [3.63, 3.8) is 0 Å². The summed E-state index contributed by atoms with van der Waals surface area (Å²) in [5.41, 5.74) is 5.35. The lowest BCUT2D eigenvalue weighted by Crippen LogP contribution is -2.29. The van der Waals surface area contributed by atoms with Crippen LogP contribution in [0.3, 0.4) is 0 Å². The van der Waals surface area contributed by atoms with Crippen LogP contribution in [0.25, 0.3) is 0 Å². The van der Waals surface area contributed by atoms with E-state index in [0.717, 1.165) is 12.2 Å². The molecular weight excluding hydrogens is 208 g/mol. The predicted molar refractivity (Wildman–Crippen MR) is 61.5 cm³/mol. The number of hydrazine groups is 1. The maximum atomic E-state index is 5.56. The molecule has 0 aromatic carbocycles. The number of nitrogens with two attached hydrogens (primary N) is 1. The van der Waals surface area contributed by atoms with Gasteiger partial charge in [-0.1, -0.05) is 0 Å². The Balaban J connectivity index is 2.15. The molecule has 0 fully saturated rings. The fraction of sp³-hybridized carbons (Fsp3) is 0.273. The van der Waals surface area contributed by atoms with Gasteiger partial charge in [-0.3, -0.25) is 11.3 Å². The van der Waals surface area contributed by atoms with Gasteiger partial charge in [0.15, 0.2) is 0 Å². The Morgan fingerprint density at radius 2 is 2.40 bits per heavy atom. The zero-order valence-corrected chi connectivity index (χ0v) is 9.38. The van der Waals surface area contributed by atoms with Crippen LogP contribution in [-0.2, 0) is 6.42 Å². The van der Waals surface area contributed by atoms with E-state index >= 15 is 0 Å². The molecule has 2 heterocycles. The van der Waals surface area contributed by atoms with Gasteiger partial charge in [0, 0.05) is 6.42 Å². The highest BCUT2D eigenvalue weighted by atomic mass is 32.1. The molecule has 0 radical (unpaired) electrons. The van der Waals surface area contributed by atoms with E-state index in [1.54, 1.807) is 17.6 Å². The third kappa shape index (κ3) is 2.28. The molecule has 0 saturated heterocycles. The van der Waals surface area contributed by atoms with Crippen molar-refractivity contribution in [2.75, 3.05) is 0 Å². The first-order valence-electron chi connectivity index (χ1n) is 4.82. The van der Waals surface area contributed by atoms with Gasteiger partial charge < -0.3 is 4.42 Å². The molecule has 0 aliphatic heterocycles. The summed E-state index contributed by atoms with van der Waals surface area (Å²) in [6.07, 6.45) is 2.46. The van der Waals surface area contributed by atoms with E-state index in [0.29, 0.717) is 0 Å². The number of furan rings is 1. The first-order valence-corrected chi connectivity index (χ1v) is 5.76. The highest BCUT2D eigenvalue weighted by molar-refractivity contribution is 7.08. The highest BCUT2D eigenvalue weighted by Gasteiger charge is 2.14. The monoisotopic (exact) mass is 222 g/mol. The van der Waals surface area contributed by atoms with Crippen molar-refractivity contribution in [1.82, 2.24) is 5.43 Å². The molecule has 0 saturated carbocycles. The summed E-state index contributed by atoms with van der Waals surface area (Å²) in [6.45, 7) is 2.10. The molecule has 1 unspecified atom stereocenters. The minimum absolute atomic E-state index is 0.127. The van der Waals surface area contributed by atoms with Crippen LogP contribution in [0.15, 0.2) is 33.6 Å². The van der Waals surface area contributed by atoms with Crippen LogP contribution in [0.5, 0.6) is 0 Å². The second-order valence-electron chi connectivity index (χ2n) is 3.51. The Kier molecular flexibility index (Phi) is 3.20. The average Bonchev–Trinajstić information content (AvgIpc) is 2.85. The third-order valence-corrected chi connectivity index (χ3v) is 3.34. The van der Waals surface area contributed by atoms with Gasteiger partial charge in [-0.15, -0.1) is 0 Å². The van der Waals surface area contributed by atoms with Gasteiger partial charge in [-0.2, -0.15) is 11.3 Å². The molecule has 15 heavy (non-hydrogen) atoms. The Hall–Kier alpha value is -1.10. The molecule has 0 amide bonds. The Morgan fingerprint density at radius 3 is 2.93 bits per heavy atom. The van der Waals surface area contributed by atoms with Gasteiger partial charge in [-0.25, -0.2) is 0 Å². The molecule has 3 N–H and O–H groups in total. The number of hydrogen-bond donors (Lipinski definition) is 2. The molecule has 2 aromatic heterocycles. The summed E-state index contributed by atoms with van der Waals surface area (Å²) in [5, 5.41) is 4.25.